The van der Waals surface area contributed by atoms with Crippen LogP contribution in [0.4, 0.5) is 5.69 Å². The Bertz CT molecular complexity index is 630. The van der Waals surface area contributed by atoms with E-state index < -0.39 is 0 Å². The molecule has 0 radical (unpaired) electrons. The number of fused-ring (bicyclic) bond motifs is 1. The third kappa shape index (κ3) is 1.38. The highest BCUT2D eigenvalue weighted by molar-refractivity contribution is 5.84. The Kier molecular flexibility index (Phi) is 1.83. The zero-order valence-electron chi connectivity index (χ0n) is 8.38. The van der Waals surface area contributed by atoms with Gasteiger partial charge in [-0.2, -0.15) is 5.10 Å². The second-order valence-corrected chi connectivity index (χ2v) is 3.53. The van der Waals surface area contributed by atoms with Crippen molar-refractivity contribution in [2.75, 3.05) is 5.73 Å². The number of nitrogens with two attached hydrogens (primary N) is 1. The first kappa shape index (κ1) is 8.84. The molecule has 5 nitrogen and oxygen atoms in total. The first-order chi connectivity index (χ1) is 7.83. The van der Waals surface area contributed by atoms with E-state index in [0.29, 0.717) is 0 Å². The third-order valence-corrected chi connectivity index (χ3v) is 2.40. The number of hydrogen-bond donors (Lipinski definition) is 2. The van der Waals surface area contributed by atoms with Crippen molar-refractivity contribution in [3.63, 3.8) is 0 Å². The van der Waals surface area contributed by atoms with Gasteiger partial charge in [-0.05, 0) is 24.3 Å². The van der Waals surface area contributed by atoms with Crippen molar-refractivity contribution < 1.29 is 0 Å². The molecule has 0 saturated carbocycles. The van der Waals surface area contributed by atoms with Crippen LogP contribution in [0.25, 0.3) is 22.2 Å². The number of benzene rings is 1. The van der Waals surface area contributed by atoms with E-state index in [0.717, 1.165) is 27.8 Å². The van der Waals surface area contributed by atoms with Crippen molar-refractivity contribution in [2.45, 2.75) is 0 Å². The Morgan fingerprint density at radius 1 is 1.12 bits per heavy atom. The summed E-state index contributed by atoms with van der Waals surface area (Å²) in [5, 5.41) is 15.9. The first-order valence-electron chi connectivity index (χ1n) is 4.85. The van der Waals surface area contributed by atoms with Crippen LogP contribution in [0.5, 0.6) is 0 Å². The lowest BCUT2D eigenvalue weighted by Crippen LogP contribution is -1.90. The van der Waals surface area contributed by atoms with E-state index >= 15 is 0 Å². The predicted octanol–water partition coefficient (Wildman–Crippen LogP) is 1.60. The molecule has 0 amide bonds. The van der Waals surface area contributed by atoms with E-state index in [2.05, 4.69) is 20.4 Å². The van der Waals surface area contributed by atoms with Crippen LogP contribution >= 0.6 is 0 Å². The molecular weight excluding hydrogens is 202 g/mol. The average molecular weight is 211 g/mol. The zero-order chi connectivity index (χ0) is 11.0. The van der Waals surface area contributed by atoms with Gasteiger partial charge in [0.15, 0.2) is 0 Å². The van der Waals surface area contributed by atoms with Gasteiger partial charge in [-0.1, -0.05) is 0 Å². The number of hydrogen-bond acceptors (Lipinski definition) is 4. The van der Waals surface area contributed by atoms with Crippen LogP contribution in [-0.4, -0.2) is 20.4 Å². The van der Waals surface area contributed by atoms with Crippen LogP contribution < -0.4 is 5.73 Å². The largest absolute Gasteiger partial charge is 0.399 e. The van der Waals surface area contributed by atoms with E-state index in [1.54, 1.807) is 12.4 Å². The van der Waals surface area contributed by atoms with Crippen LogP contribution in [0.2, 0.25) is 0 Å². The van der Waals surface area contributed by atoms with Crippen molar-refractivity contribution in [3.05, 3.63) is 36.7 Å². The van der Waals surface area contributed by atoms with Gasteiger partial charge in [-0.15, -0.1) is 10.2 Å². The lowest BCUT2D eigenvalue weighted by Gasteiger charge is -2.00. The highest BCUT2D eigenvalue weighted by Gasteiger charge is 2.03. The number of aromatic amines is 1. The molecule has 1 aromatic carbocycles. The van der Waals surface area contributed by atoms with Gasteiger partial charge in [-0.3, -0.25) is 5.10 Å². The number of aromatic nitrogens is 4. The van der Waals surface area contributed by atoms with Gasteiger partial charge in [-0.25, -0.2) is 0 Å². The monoisotopic (exact) mass is 211 g/mol. The Morgan fingerprint density at radius 2 is 2.06 bits per heavy atom. The van der Waals surface area contributed by atoms with Gasteiger partial charge >= 0.3 is 0 Å². The summed E-state index contributed by atoms with van der Waals surface area (Å²) in [6.07, 6.45) is 3.49. The second kappa shape index (κ2) is 3.30. The van der Waals surface area contributed by atoms with E-state index in [4.69, 9.17) is 5.73 Å². The number of anilines is 1. The molecule has 0 atom stereocenters. The van der Waals surface area contributed by atoms with Gasteiger partial charge in [0.05, 0.1) is 17.4 Å². The van der Waals surface area contributed by atoms with E-state index in [9.17, 15) is 0 Å². The van der Waals surface area contributed by atoms with Crippen molar-refractivity contribution in [1.29, 1.82) is 0 Å². The topological polar surface area (TPSA) is 80.5 Å². The molecule has 16 heavy (non-hydrogen) atoms. The molecule has 2 heterocycles. The molecule has 3 N–H and O–H groups in total. The van der Waals surface area contributed by atoms with E-state index in [1.807, 2.05) is 24.3 Å². The van der Waals surface area contributed by atoms with E-state index in [-0.39, 0.29) is 0 Å². The molecule has 0 unspecified atom stereocenters. The maximum absolute atomic E-state index is 5.73. The minimum Gasteiger partial charge on any atom is -0.399 e. The first-order valence-corrected chi connectivity index (χ1v) is 4.85. The third-order valence-electron chi connectivity index (χ3n) is 2.40. The summed E-state index contributed by atoms with van der Waals surface area (Å²) < 4.78 is 0. The summed E-state index contributed by atoms with van der Waals surface area (Å²) in [5.74, 6) is 0. The Labute approximate surface area is 91.3 Å². The van der Waals surface area contributed by atoms with Gasteiger partial charge in [0.25, 0.3) is 0 Å². The molecule has 0 saturated heterocycles. The second-order valence-electron chi connectivity index (χ2n) is 3.53. The SMILES string of the molecule is Nc1ccc2nnc(-c3cn[nH]c3)cc2c1. The normalized spacial score (nSPS) is 10.8. The molecule has 78 valence electrons. The number of nitrogen functional groups attached to an aromatic ring is 1. The lowest BCUT2D eigenvalue weighted by molar-refractivity contribution is 1.08. The molecule has 0 bridgehead atoms. The molecule has 0 fully saturated rings. The molecule has 3 aromatic rings. The lowest BCUT2D eigenvalue weighted by atomic mass is 10.1. The van der Waals surface area contributed by atoms with Gasteiger partial charge < -0.3 is 5.73 Å². The molecule has 3 rings (SSSR count). The molecule has 2 aromatic heterocycles. The highest BCUT2D eigenvalue weighted by Crippen LogP contribution is 2.20. The highest BCUT2D eigenvalue weighted by atomic mass is 15.1. The quantitative estimate of drug-likeness (QED) is 0.599. The van der Waals surface area contributed by atoms with Crippen molar-refractivity contribution in [3.8, 4) is 11.3 Å². The molecule has 5 heteroatoms. The summed E-state index contributed by atoms with van der Waals surface area (Å²) in [5.41, 5.74) is 8.98. The maximum atomic E-state index is 5.73. The Hall–Kier alpha value is -2.43. The predicted molar refractivity (Wildman–Crippen MR) is 61.5 cm³/mol. The molecular formula is C11H9N5. The van der Waals surface area contributed by atoms with Crippen LogP contribution in [-0.2, 0) is 0 Å². The van der Waals surface area contributed by atoms with Crippen molar-refractivity contribution in [2.24, 2.45) is 0 Å². The smallest absolute Gasteiger partial charge is 0.0967 e. The summed E-state index contributed by atoms with van der Waals surface area (Å²) in [7, 11) is 0. The zero-order valence-corrected chi connectivity index (χ0v) is 8.38. The van der Waals surface area contributed by atoms with Gasteiger partial charge in [0.2, 0.25) is 0 Å². The number of H-pyrrole nitrogens is 1. The van der Waals surface area contributed by atoms with Crippen LogP contribution in [0.15, 0.2) is 36.7 Å². The average Bonchev–Trinajstić information content (AvgIpc) is 2.81. The minimum absolute atomic E-state index is 0.721. The fourth-order valence-corrected chi connectivity index (χ4v) is 1.60. The molecule has 0 spiro atoms. The summed E-state index contributed by atoms with van der Waals surface area (Å²) >= 11 is 0. The van der Waals surface area contributed by atoms with Gasteiger partial charge in [0.1, 0.15) is 0 Å². The Balaban J connectivity index is 2.22. The van der Waals surface area contributed by atoms with Crippen LogP contribution in [0.3, 0.4) is 0 Å². The summed E-state index contributed by atoms with van der Waals surface area (Å²) in [4.78, 5) is 0. The minimum atomic E-state index is 0.721. The number of nitrogens with zero attached hydrogens (tertiary/aromatic N) is 3. The number of nitrogens with one attached hydrogen (secondary N) is 1. The fourth-order valence-electron chi connectivity index (χ4n) is 1.60. The number of rotatable bonds is 1. The summed E-state index contributed by atoms with van der Waals surface area (Å²) in [6.45, 7) is 0. The fraction of sp³-hybridized carbons (Fsp3) is 0. The Morgan fingerprint density at radius 3 is 2.88 bits per heavy atom. The van der Waals surface area contributed by atoms with Crippen LogP contribution in [0.1, 0.15) is 0 Å². The summed E-state index contributed by atoms with van der Waals surface area (Å²) in [6, 6.07) is 7.50. The van der Waals surface area contributed by atoms with E-state index in [1.165, 1.54) is 0 Å². The van der Waals surface area contributed by atoms with Gasteiger partial charge in [0, 0.05) is 22.8 Å². The van der Waals surface area contributed by atoms with Crippen molar-refractivity contribution in [1.82, 2.24) is 20.4 Å². The van der Waals surface area contributed by atoms with Crippen molar-refractivity contribution >= 4 is 16.6 Å². The standard InChI is InChI=1S/C11H9N5/c12-9-1-2-10-7(3-9)4-11(16-15-10)8-5-13-14-6-8/h1-6H,12H2,(H,13,14). The molecule has 0 aliphatic rings. The molecule has 0 aliphatic heterocycles. The van der Waals surface area contributed by atoms with Crippen LogP contribution in [0, 0.1) is 0 Å². The maximum Gasteiger partial charge on any atom is 0.0967 e. The molecule has 0 aliphatic carbocycles.